The van der Waals surface area contributed by atoms with E-state index in [1.54, 1.807) is 0 Å². The molecular weight excluding hydrogens is 150 g/mol. The van der Waals surface area contributed by atoms with Gasteiger partial charge in [-0.15, -0.1) is 0 Å². The van der Waals surface area contributed by atoms with E-state index in [2.05, 4.69) is 0 Å². The van der Waals surface area contributed by atoms with Gasteiger partial charge in [0.1, 0.15) is 6.29 Å². The number of aldehydes is 1. The SMILES string of the molecule is C[C@@H](C=O)[C@@H](N)c1ccccc1. The van der Waals surface area contributed by atoms with Crippen LogP contribution >= 0.6 is 0 Å². The number of hydrogen-bond donors (Lipinski definition) is 1. The van der Waals surface area contributed by atoms with Crippen molar-refractivity contribution >= 4 is 6.29 Å². The van der Waals surface area contributed by atoms with Gasteiger partial charge in [0.25, 0.3) is 0 Å². The van der Waals surface area contributed by atoms with Crippen molar-refractivity contribution in [3.8, 4) is 0 Å². The summed E-state index contributed by atoms with van der Waals surface area (Å²) in [5, 5.41) is 0. The molecule has 0 heterocycles. The number of carbonyl (C=O) groups is 1. The first-order chi connectivity index (χ1) is 5.75. The van der Waals surface area contributed by atoms with Crippen LogP contribution in [0.15, 0.2) is 30.3 Å². The Kier molecular flexibility index (Phi) is 3.00. The molecule has 64 valence electrons. The Morgan fingerprint density at radius 3 is 2.42 bits per heavy atom. The van der Waals surface area contributed by atoms with E-state index in [0.29, 0.717) is 0 Å². The van der Waals surface area contributed by atoms with Gasteiger partial charge in [0.15, 0.2) is 0 Å². The Hall–Kier alpha value is -1.15. The van der Waals surface area contributed by atoms with Gasteiger partial charge >= 0.3 is 0 Å². The minimum absolute atomic E-state index is 0.118. The van der Waals surface area contributed by atoms with Crippen LogP contribution in [0.5, 0.6) is 0 Å². The fourth-order valence-corrected chi connectivity index (χ4v) is 1.06. The highest BCUT2D eigenvalue weighted by Gasteiger charge is 2.12. The highest BCUT2D eigenvalue weighted by atomic mass is 16.1. The Morgan fingerprint density at radius 1 is 1.33 bits per heavy atom. The van der Waals surface area contributed by atoms with Crippen LogP contribution in [0.2, 0.25) is 0 Å². The second kappa shape index (κ2) is 4.02. The third-order valence-electron chi connectivity index (χ3n) is 1.97. The Morgan fingerprint density at radius 2 is 1.92 bits per heavy atom. The second-order valence-electron chi connectivity index (χ2n) is 2.93. The van der Waals surface area contributed by atoms with Crippen molar-refractivity contribution in [1.82, 2.24) is 0 Å². The van der Waals surface area contributed by atoms with Crippen molar-refractivity contribution in [2.45, 2.75) is 13.0 Å². The lowest BCUT2D eigenvalue weighted by atomic mass is 9.97. The van der Waals surface area contributed by atoms with Crippen LogP contribution in [0.4, 0.5) is 0 Å². The highest BCUT2D eigenvalue weighted by Crippen LogP contribution is 2.16. The molecule has 1 aromatic carbocycles. The summed E-state index contributed by atoms with van der Waals surface area (Å²) < 4.78 is 0. The molecule has 2 N–H and O–H groups in total. The number of carbonyl (C=O) groups excluding carboxylic acids is 1. The van der Waals surface area contributed by atoms with Crippen molar-refractivity contribution in [3.63, 3.8) is 0 Å². The van der Waals surface area contributed by atoms with Gasteiger partial charge < -0.3 is 10.5 Å². The summed E-state index contributed by atoms with van der Waals surface area (Å²) in [4.78, 5) is 10.4. The zero-order valence-electron chi connectivity index (χ0n) is 7.10. The van der Waals surface area contributed by atoms with Crippen molar-refractivity contribution < 1.29 is 4.79 Å². The van der Waals surface area contributed by atoms with Gasteiger partial charge in [-0.25, -0.2) is 0 Å². The summed E-state index contributed by atoms with van der Waals surface area (Å²) >= 11 is 0. The van der Waals surface area contributed by atoms with E-state index in [9.17, 15) is 4.79 Å². The number of rotatable bonds is 3. The Bertz CT molecular complexity index is 245. The molecular formula is C10H13NO. The molecule has 0 aliphatic rings. The maximum absolute atomic E-state index is 10.4. The van der Waals surface area contributed by atoms with Crippen LogP contribution in [0.1, 0.15) is 18.5 Å². The second-order valence-corrected chi connectivity index (χ2v) is 2.93. The molecule has 1 rings (SSSR count). The lowest BCUT2D eigenvalue weighted by molar-refractivity contribution is -0.111. The van der Waals surface area contributed by atoms with Gasteiger partial charge in [-0.2, -0.15) is 0 Å². The minimum atomic E-state index is -0.177. The van der Waals surface area contributed by atoms with Gasteiger partial charge in [0.2, 0.25) is 0 Å². The van der Waals surface area contributed by atoms with E-state index in [1.807, 2.05) is 37.3 Å². The first kappa shape index (κ1) is 8.94. The fourth-order valence-electron chi connectivity index (χ4n) is 1.06. The number of hydrogen-bond acceptors (Lipinski definition) is 2. The Labute approximate surface area is 72.4 Å². The van der Waals surface area contributed by atoms with Gasteiger partial charge in [-0.05, 0) is 5.56 Å². The van der Waals surface area contributed by atoms with Crippen molar-refractivity contribution in [2.75, 3.05) is 0 Å². The summed E-state index contributed by atoms with van der Waals surface area (Å²) in [5.41, 5.74) is 6.83. The van der Waals surface area contributed by atoms with Crippen LogP contribution in [-0.4, -0.2) is 6.29 Å². The molecule has 0 aliphatic carbocycles. The predicted molar refractivity (Wildman–Crippen MR) is 48.6 cm³/mol. The molecule has 0 saturated heterocycles. The van der Waals surface area contributed by atoms with Crippen LogP contribution in [0, 0.1) is 5.92 Å². The summed E-state index contributed by atoms with van der Waals surface area (Å²) in [6, 6.07) is 9.47. The summed E-state index contributed by atoms with van der Waals surface area (Å²) in [6.07, 6.45) is 0.887. The van der Waals surface area contributed by atoms with Gasteiger partial charge in [-0.3, -0.25) is 0 Å². The quantitative estimate of drug-likeness (QED) is 0.686. The van der Waals surface area contributed by atoms with Crippen molar-refractivity contribution in [2.24, 2.45) is 11.7 Å². The predicted octanol–water partition coefficient (Wildman–Crippen LogP) is 1.52. The van der Waals surface area contributed by atoms with E-state index >= 15 is 0 Å². The zero-order valence-corrected chi connectivity index (χ0v) is 7.10. The van der Waals surface area contributed by atoms with E-state index in [-0.39, 0.29) is 12.0 Å². The summed E-state index contributed by atoms with van der Waals surface area (Å²) in [5.74, 6) is -0.118. The third-order valence-corrected chi connectivity index (χ3v) is 1.97. The molecule has 2 heteroatoms. The summed E-state index contributed by atoms with van der Waals surface area (Å²) in [6.45, 7) is 1.82. The van der Waals surface area contributed by atoms with E-state index in [1.165, 1.54) is 0 Å². The van der Waals surface area contributed by atoms with E-state index in [4.69, 9.17) is 5.73 Å². The molecule has 0 aliphatic heterocycles. The lowest BCUT2D eigenvalue weighted by Gasteiger charge is -2.14. The number of benzene rings is 1. The molecule has 0 unspecified atom stereocenters. The summed E-state index contributed by atoms with van der Waals surface area (Å²) in [7, 11) is 0. The van der Waals surface area contributed by atoms with Crippen LogP contribution in [0.25, 0.3) is 0 Å². The van der Waals surface area contributed by atoms with Gasteiger partial charge in [0.05, 0.1) is 0 Å². The monoisotopic (exact) mass is 163 g/mol. The van der Waals surface area contributed by atoms with Crippen LogP contribution < -0.4 is 5.73 Å². The molecule has 0 saturated carbocycles. The van der Waals surface area contributed by atoms with Gasteiger partial charge in [0, 0.05) is 12.0 Å². The molecule has 0 amide bonds. The largest absolute Gasteiger partial charge is 0.323 e. The van der Waals surface area contributed by atoms with Gasteiger partial charge in [-0.1, -0.05) is 37.3 Å². The lowest BCUT2D eigenvalue weighted by Crippen LogP contribution is -2.19. The molecule has 0 aromatic heterocycles. The first-order valence-corrected chi connectivity index (χ1v) is 4.01. The third kappa shape index (κ3) is 1.92. The van der Waals surface area contributed by atoms with E-state index in [0.717, 1.165) is 11.8 Å². The molecule has 1 aromatic rings. The minimum Gasteiger partial charge on any atom is -0.323 e. The van der Waals surface area contributed by atoms with Crippen molar-refractivity contribution in [3.05, 3.63) is 35.9 Å². The van der Waals surface area contributed by atoms with Crippen LogP contribution in [-0.2, 0) is 4.79 Å². The molecule has 0 bridgehead atoms. The fraction of sp³-hybridized carbons (Fsp3) is 0.300. The molecule has 0 radical (unpaired) electrons. The smallest absolute Gasteiger partial charge is 0.124 e. The molecule has 2 nitrogen and oxygen atoms in total. The molecule has 2 atom stereocenters. The molecule has 0 fully saturated rings. The maximum Gasteiger partial charge on any atom is 0.124 e. The first-order valence-electron chi connectivity index (χ1n) is 4.01. The Balaban J connectivity index is 2.78. The number of nitrogens with two attached hydrogens (primary N) is 1. The standard InChI is InChI=1S/C10H13NO/c1-8(7-12)10(11)9-5-3-2-4-6-9/h2-8,10H,11H2,1H3/t8-,10+/m0/s1. The molecule has 0 spiro atoms. The zero-order chi connectivity index (χ0) is 8.97. The van der Waals surface area contributed by atoms with E-state index < -0.39 is 0 Å². The average Bonchev–Trinajstić information content (AvgIpc) is 2.17. The average molecular weight is 163 g/mol. The maximum atomic E-state index is 10.4. The highest BCUT2D eigenvalue weighted by molar-refractivity contribution is 5.54. The normalized spacial score (nSPS) is 15.2. The molecule has 12 heavy (non-hydrogen) atoms. The van der Waals surface area contributed by atoms with Crippen LogP contribution in [0.3, 0.4) is 0 Å². The van der Waals surface area contributed by atoms with Crippen molar-refractivity contribution in [1.29, 1.82) is 0 Å². The topological polar surface area (TPSA) is 43.1 Å².